The van der Waals surface area contributed by atoms with Crippen LogP contribution in [0.3, 0.4) is 0 Å². The van der Waals surface area contributed by atoms with Crippen LogP contribution >= 0.6 is 0 Å². The van der Waals surface area contributed by atoms with Gasteiger partial charge < -0.3 is 12.3 Å². The van der Waals surface area contributed by atoms with Crippen LogP contribution in [0.5, 0.6) is 0 Å². The van der Waals surface area contributed by atoms with Crippen molar-refractivity contribution < 1.29 is 25.5 Å². The molecule has 0 N–H and O–H groups in total. The Morgan fingerprint density at radius 2 is 1.15 bits per heavy atom. The largest absolute Gasteiger partial charge is 0.468 e. The Labute approximate surface area is 126 Å². The van der Waals surface area contributed by atoms with Crippen molar-refractivity contribution in [2.75, 3.05) is 0 Å². The van der Waals surface area contributed by atoms with E-state index in [1.54, 1.807) is 0 Å². The maximum atomic E-state index is 12.3. The third kappa shape index (κ3) is 10.3. The van der Waals surface area contributed by atoms with Crippen molar-refractivity contribution >= 4 is 35.9 Å². The molecule has 0 aliphatic rings. The maximum absolute atomic E-state index is 12.3. The summed E-state index contributed by atoms with van der Waals surface area (Å²) >= 11 is 0. The standard InChI is InChI=1S/C10H27F3O3Si4/c1-17(2)14-20(15-18(3)4,16-19(5)6)9-7-8-10(11,12)13/h17-19H,7-9H2,1-6H3. The van der Waals surface area contributed by atoms with Crippen molar-refractivity contribution in [3.05, 3.63) is 0 Å². The van der Waals surface area contributed by atoms with E-state index in [4.69, 9.17) is 12.3 Å². The van der Waals surface area contributed by atoms with Crippen molar-refractivity contribution in [3.8, 4) is 0 Å². The van der Waals surface area contributed by atoms with E-state index < -0.39 is 48.5 Å². The Balaban J connectivity index is 4.86. The highest BCUT2D eigenvalue weighted by Gasteiger charge is 2.43. The second-order valence-corrected chi connectivity index (χ2v) is 16.6. The van der Waals surface area contributed by atoms with Gasteiger partial charge in [0.25, 0.3) is 0 Å². The minimum atomic E-state index is -4.13. The average Bonchev–Trinajstić information content (AvgIpc) is 2.10. The first kappa shape index (κ1) is 20.5. The zero-order valence-electron chi connectivity index (χ0n) is 13.2. The predicted octanol–water partition coefficient (Wildman–Crippen LogP) is 3.27. The van der Waals surface area contributed by atoms with Crippen LogP contribution in [0.4, 0.5) is 13.2 Å². The van der Waals surface area contributed by atoms with E-state index in [1.807, 2.05) is 39.3 Å². The Hall–Kier alpha value is 0.538. The van der Waals surface area contributed by atoms with Gasteiger partial charge in [0.15, 0.2) is 27.1 Å². The molecule has 0 aromatic rings. The molecule has 0 aromatic heterocycles. The summed E-state index contributed by atoms with van der Waals surface area (Å²) in [6, 6.07) is 0.286. The molecule has 0 heterocycles. The summed E-state index contributed by atoms with van der Waals surface area (Å²) in [6.45, 7) is 12.0. The Kier molecular flexibility index (Phi) is 9.09. The van der Waals surface area contributed by atoms with Gasteiger partial charge in [-0.15, -0.1) is 0 Å². The zero-order valence-corrected chi connectivity index (χ0v) is 17.7. The SMILES string of the molecule is C[SiH](C)O[Si](CCCC(F)(F)F)(O[SiH](C)C)O[SiH](C)C. The van der Waals surface area contributed by atoms with Gasteiger partial charge in [-0.3, -0.25) is 0 Å². The fourth-order valence-corrected chi connectivity index (χ4v) is 14.7. The van der Waals surface area contributed by atoms with Gasteiger partial charge in [-0.05, 0) is 45.7 Å². The second kappa shape index (κ2) is 8.85. The Morgan fingerprint density at radius 1 is 0.800 bits per heavy atom. The molecule has 3 nitrogen and oxygen atoms in total. The highest BCUT2D eigenvalue weighted by atomic mass is 28.5. The Morgan fingerprint density at radius 3 is 1.40 bits per heavy atom. The third-order valence-corrected chi connectivity index (χ3v) is 13.1. The quantitative estimate of drug-likeness (QED) is 0.588. The summed E-state index contributed by atoms with van der Waals surface area (Å²) in [7, 11) is -7.17. The molecule has 10 heteroatoms. The van der Waals surface area contributed by atoms with Gasteiger partial charge in [0.2, 0.25) is 0 Å². The van der Waals surface area contributed by atoms with Crippen molar-refractivity contribution in [1.82, 2.24) is 0 Å². The molecule has 0 rings (SSSR count). The van der Waals surface area contributed by atoms with E-state index in [-0.39, 0.29) is 12.5 Å². The lowest BCUT2D eigenvalue weighted by Gasteiger charge is -2.35. The molecule has 0 fully saturated rings. The molecule has 0 aliphatic heterocycles. The van der Waals surface area contributed by atoms with Crippen LogP contribution in [0.25, 0.3) is 0 Å². The molecule has 0 unspecified atom stereocenters. The minimum absolute atomic E-state index is 0.0269. The molecule has 122 valence electrons. The lowest BCUT2D eigenvalue weighted by molar-refractivity contribution is -0.134. The van der Waals surface area contributed by atoms with E-state index in [9.17, 15) is 13.2 Å². The van der Waals surface area contributed by atoms with E-state index in [0.29, 0.717) is 0 Å². The van der Waals surface area contributed by atoms with Gasteiger partial charge in [-0.2, -0.15) is 13.2 Å². The fourth-order valence-electron chi connectivity index (χ4n) is 1.84. The molecule has 0 saturated carbocycles. The number of hydrogen-bond donors (Lipinski definition) is 0. The minimum Gasteiger partial charge on any atom is -0.420 e. The fraction of sp³-hybridized carbons (Fsp3) is 1.00. The van der Waals surface area contributed by atoms with Gasteiger partial charge in [0, 0.05) is 12.5 Å². The molecule has 0 saturated heterocycles. The first-order valence-corrected chi connectivity index (χ1v) is 17.3. The lowest BCUT2D eigenvalue weighted by Crippen LogP contribution is -2.53. The van der Waals surface area contributed by atoms with E-state index >= 15 is 0 Å². The molecule has 0 bridgehead atoms. The Bertz CT molecular complexity index is 248. The van der Waals surface area contributed by atoms with Gasteiger partial charge in [-0.25, -0.2) is 0 Å². The highest BCUT2D eigenvalue weighted by Crippen LogP contribution is 2.28. The van der Waals surface area contributed by atoms with Gasteiger partial charge in [0.05, 0.1) is 0 Å². The van der Waals surface area contributed by atoms with E-state index in [0.717, 1.165) is 0 Å². The summed E-state index contributed by atoms with van der Waals surface area (Å²) in [5.41, 5.74) is 0. The molecule has 0 spiro atoms. The van der Waals surface area contributed by atoms with Crippen molar-refractivity contribution in [2.24, 2.45) is 0 Å². The summed E-state index contributed by atoms with van der Waals surface area (Å²) in [4.78, 5) is 0. The van der Waals surface area contributed by atoms with E-state index in [1.165, 1.54) is 0 Å². The molecule has 0 aromatic carbocycles. The van der Waals surface area contributed by atoms with Gasteiger partial charge in [0.1, 0.15) is 0 Å². The molecule has 0 radical (unpaired) electrons. The monoisotopic (exact) mass is 364 g/mol. The first-order chi connectivity index (χ1) is 8.96. The van der Waals surface area contributed by atoms with Gasteiger partial charge in [-0.1, -0.05) is 0 Å². The third-order valence-electron chi connectivity index (χ3n) is 2.19. The van der Waals surface area contributed by atoms with Crippen LogP contribution in [0.2, 0.25) is 45.3 Å². The van der Waals surface area contributed by atoms with Crippen LogP contribution in [0, 0.1) is 0 Å². The lowest BCUT2D eigenvalue weighted by atomic mass is 10.3. The average molecular weight is 365 g/mol. The second-order valence-electron chi connectivity index (χ2n) is 5.65. The van der Waals surface area contributed by atoms with Crippen molar-refractivity contribution in [3.63, 3.8) is 0 Å². The molecule has 0 atom stereocenters. The highest BCUT2D eigenvalue weighted by molar-refractivity contribution is 6.79. The molecule has 0 aliphatic carbocycles. The van der Waals surface area contributed by atoms with Gasteiger partial charge >= 0.3 is 15.0 Å². The summed E-state index contributed by atoms with van der Waals surface area (Å²) in [5.74, 6) is 0. The molecular weight excluding hydrogens is 337 g/mol. The summed E-state index contributed by atoms with van der Waals surface area (Å²) < 4.78 is 55.0. The number of halogens is 3. The first-order valence-electron chi connectivity index (χ1n) is 7.06. The summed E-state index contributed by atoms with van der Waals surface area (Å²) in [5, 5.41) is 0. The number of rotatable bonds is 9. The van der Waals surface area contributed by atoms with Crippen LogP contribution in [-0.2, 0) is 12.3 Å². The van der Waals surface area contributed by atoms with Crippen LogP contribution in [0.1, 0.15) is 12.8 Å². The van der Waals surface area contributed by atoms with E-state index in [2.05, 4.69) is 0 Å². The van der Waals surface area contributed by atoms with Crippen molar-refractivity contribution in [1.29, 1.82) is 0 Å². The number of alkyl halides is 3. The van der Waals surface area contributed by atoms with Crippen LogP contribution in [-0.4, -0.2) is 42.1 Å². The smallest absolute Gasteiger partial charge is 0.420 e. The molecule has 20 heavy (non-hydrogen) atoms. The normalized spacial score (nSPS) is 13.8. The zero-order chi connectivity index (χ0) is 16.0. The van der Waals surface area contributed by atoms with Crippen molar-refractivity contribution in [2.45, 2.75) is 64.3 Å². The summed E-state index contributed by atoms with van der Waals surface area (Å²) in [6.07, 6.45) is -4.89. The topological polar surface area (TPSA) is 27.7 Å². The van der Waals surface area contributed by atoms with Crippen LogP contribution < -0.4 is 0 Å². The predicted molar refractivity (Wildman–Crippen MR) is 85.7 cm³/mol. The molecule has 0 amide bonds. The number of hydrogen-bond acceptors (Lipinski definition) is 3. The van der Waals surface area contributed by atoms with Crippen LogP contribution in [0.15, 0.2) is 0 Å². The maximum Gasteiger partial charge on any atom is 0.468 e. The molecular formula is C10H27F3O3Si4.